The molecule has 1 unspecified atom stereocenters. The van der Waals surface area contributed by atoms with Crippen LogP contribution in [0.25, 0.3) is 0 Å². The number of morpholine rings is 1. The van der Waals surface area contributed by atoms with Gasteiger partial charge < -0.3 is 14.1 Å². The topological polar surface area (TPSA) is 42.7 Å². The van der Waals surface area contributed by atoms with Gasteiger partial charge in [-0.2, -0.15) is 0 Å². The Labute approximate surface area is 130 Å². The molecule has 1 aromatic carbocycles. The maximum absolute atomic E-state index is 12.7. The van der Waals surface area contributed by atoms with Gasteiger partial charge in [-0.05, 0) is 38.5 Å². The number of benzene rings is 1. The van der Waals surface area contributed by atoms with E-state index >= 15 is 0 Å². The monoisotopic (exact) mass is 299 g/mol. The molecule has 4 heteroatoms. The van der Waals surface area contributed by atoms with Crippen molar-refractivity contribution in [3.63, 3.8) is 0 Å². The Kier molecular flexibility index (Phi) is 3.79. The van der Waals surface area contributed by atoms with E-state index in [2.05, 4.69) is 31.2 Å². The number of hydrogen-bond donors (Lipinski definition) is 0. The first kappa shape index (κ1) is 14.9. The second-order valence-electron chi connectivity index (χ2n) is 6.42. The lowest BCUT2D eigenvalue weighted by Crippen LogP contribution is -2.56. The zero-order valence-electron chi connectivity index (χ0n) is 13.2. The summed E-state index contributed by atoms with van der Waals surface area (Å²) < 4.78 is 11.3. The second-order valence-corrected chi connectivity index (χ2v) is 6.42. The lowest BCUT2D eigenvalue weighted by Gasteiger charge is -2.45. The van der Waals surface area contributed by atoms with Crippen LogP contribution >= 0.6 is 0 Å². The Morgan fingerprint density at radius 1 is 1.23 bits per heavy atom. The molecule has 0 aliphatic carbocycles. The molecule has 1 saturated heterocycles. The first-order valence-corrected chi connectivity index (χ1v) is 7.51. The Bertz CT molecular complexity index is 643. The maximum Gasteiger partial charge on any atom is 0.290 e. The van der Waals surface area contributed by atoms with E-state index in [-0.39, 0.29) is 17.6 Å². The number of furan rings is 1. The molecule has 0 radical (unpaired) electrons. The molecular weight excluding hydrogens is 278 g/mol. The van der Waals surface area contributed by atoms with Gasteiger partial charge in [0.15, 0.2) is 5.76 Å². The van der Waals surface area contributed by atoms with Gasteiger partial charge in [0, 0.05) is 0 Å². The molecule has 1 aromatic heterocycles. The summed E-state index contributed by atoms with van der Waals surface area (Å²) in [7, 11) is 0. The minimum atomic E-state index is -0.356. The van der Waals surface area contributed by atoms with Crippen LogP contribution in [0.5, 0.6) is 0 Å². The maximum atomic E-state index is 12.7. The Balaban J connectivity index is 1.84. The van der Waals surface area contributed by atoms with E-state index in [1.807, 2.05) is 18.7 Å². The van der Waals surface area contributed by atoms with E-state index in [9.17, 15) is 4.79 Å². The quantitative estimate of drug-likeness (QED) is 0.851. The number of carbonyl (C=O) groups is 1. The minimum Gasteiger partial charge on any atom is -0.459 e. The van der Waals surface area contributed by atoms with Gasteiger partial charge in [0.25, 0.3) is 5.91 Å². The molecule has 22 heavy (non-hydrogen) atoms. The molecule has 3 rings (SSSR count). The SMILES string of the molecule is Cc1ccc(C2CN(C(=O)c3ccco3)C(C)(C)CO2)cc1. The zero-order valence-corrected chi connectivity index (χ0v) is 13.2. The summed E-state index contributed by atoms with van der Waals surface area (Å²) in [6.07, 6.45) is 1.42. The van der Waals surface area contributed by atoms with E-state index in [0.29, 0.717) is 18.9 Å². The lowest BCUT2D eigenvalue weighted by molar-refractivity contribution is -0.0854. The number of nitrogens with zero attached hydrogens (tertiary/aromatic N) is 1. The van der Waals surface area contributed by atoms with Crippen LogP contribution in [0.1, 0.15) is 41.6 Å². The van der Waals surface area contributed by atoms with Crippen molar-refractivity contribution in [2.75, 3.05) is 13.2 Å². The predicted molar refractivity (Wildman–Crippen MR) is 83.7 cm³/mol. The highest BCUT2D eigenvalue weighted by Crippen LogP contribution is 2.31. The van der Waals surface area contributed by atoms with Gasteiger partial charge in [0.1, 0.15) is 6.10 Å². The fourth-order valence-corrected chi connectivity index (χ4v) is 2.72. The zero-order chi connectivity index (χ0) is 15.7. The predicted octanol–water partition coefficient (Wildman–Crippen LogP) is 3.58. The summed E-state index contributed by atoms with van der Waals surface area (Å²) in [6.45, 7) is 7.10. The first-order valence-electron chi connectivity index (χ1n) is 7.51. The number of ether oxygens (including phenoxy) is 1. The molecule has 1 atom stereocenters. The van der Waals surface area contributed by atoms with Gasteiger partial charge in [-0.15, -0.1) is 0 Å². The van der Waals surface area contributed by atoms with Gasteiger partial charge in [0.05, 0.1) is 25.0 Å². The number of rotatable bonds is 2. The fraction of sp³-hybridized carbons (Fsp3) is 0.389. The second kappa shape index (κ2) is 5.61. The molecule has 4 nitrogen and oxygen atoms in total. The summed E-state index contributed by atoms with van der Waals surface area (Å²) >= 11 is 0. The van der Waals surface area contributed by atoms with Crippen molar-refractivity contribution in [1.82, 2.24) is 4.90 Å². The largest absolute Gasteiger partial charge is 0.459 e. The molecule has 1 amide bonds. The van der Waals surface area contributed by atoms with Gasteiger partial charge in [-0.1, -0.05) is 29.8 Å². The third-order valence-electron chi connectivity index (χ3n) is 4.14. The van der Waals surface area contributed by atoms with Crippen LogP contribution < -0.4 is 0 Å². The number of hydrogen-bond acceptors (Lipinski definition) is 3. The van der Waals surface area contributed by atoms with Crippen molar-refractivity contribution >= 4 is 5.91 Å². The number of aryl methyl sites for hydroxylation is 1. The number of carbonyl (C=O) groups excluding carboxylic acids is 1. The molecule has 116 valence electrons. The normalized spacial score (nSPS) is 20.9. The summed E-state index contributed by atoms with van der Waals surface area (Å²) in [5, 5.41) is 0. The average molecular weight is 299 g/mol. The molecule has 1 fully saturated rings. The number of amides is 1. The van der Waals surface area contributed by atoms with Crippen LogP contribution in [0.3, 0.4) is 0 Å². The van der Waals surface area contributed by atoms with Gasteiger partial charge >= 0.3 is 0 Å². The molecule has 1 aliphatic heterocycles. The Hall–Kier alpha value is -2.07. The highest BCUT2D eigenvalue weighted by atomic mass is 16.5. The average Bonchev–Trinajstić information content (AvgIpc) is 3.02. The van der Waals surface area contributed by atoms with Crippen LogP contribution in [0, 0.1) is 6.92 Å². The third-order valence-corrected chi connectivity index (χ3v) is 4.14. The molecule has 0 saturated carbocycles. The van der Waals surface area contributed by atoms with E-state index in [0.717, 1.165) is 5.56 Å². The molecule has 2 heterocycles. The van der Waals surface area contributed by atoms with Crippen molar-refractivity contribution in [2.24, 2.45) is 0 Å². The van der Waals surface area contributed by atoms with Crippen molar-refractivity contribution in [2.45, 2.75) is 32.4 Å². The van der Waals surface area contributed by atoms with Crippen LogP contribution in [-0.4, -0.2) is 29.5 Å². The fourth-order valence-electron chi connectivity index (χ4n) is 2.72. The van der Waals surface area contributed by atoms with Crippen LogP contribution in [0.2, 0.25) is 0 Å². The molecule has 0 bridgehead atoms. The summed E-state index contributed by atoms with van der Waals surface area (Å²) in [4.78, 5) is 14.5. The van der Waals surface area contributed by atoms with E-state index in [1.54, 1.807) is 12.1 Å². The first-order chi connectivity index (χ1) is 10.5. The summed E-state index contributed by atoms with van der Waals surface area (Å²) in [6, 6.07) is 11.7. The highest BCUT2D eigenvalue weighted by Gasteiger charge is 2.39. The van der Waals surface area contributed by atoms with Gasteiger partial charge in [-0.3, -0.25) is 4.79 Å². The third kappa shape index (κ3) is 2.79. The van der Waals surface area contributed by atoms with Crippen molar-refractivity contribution in [3.8, 4) is 0 Å². The van der Waals surface area contributed by atoms with Crippen molar-refractivity contribution < 1.29 is 13.9 Å². The molecule has 1 aliphatic rings. The molecule has 0 spiro atoms. The van der Waals surface area contributed by atoms with Crippen LogP contribution in [-0.2, 0) is 4.74 Å². The van der Waals surface area contributed by atoms with Crippen molar-refractivity contribution in [1.29, 1.82) is 0 Å². The van der Waals surface area contributed by atoms with E-state index in [1.165, 1.54) is 11.8 Å². The standard InChI is InChI=1S/C18H21NO3/c1-13-6-8-14(9-7-13)16-11-19(18(2,3)12-22-16)17(20)15-5-4-10-21-15/h4-10,16H,11-12H2,1-3H3. The highest BCUT2D eigenvalue weighted by molar-refractivity contribution is 5.92. The van der Waals surface area contributed by atoms with Gasteiger partial charge in [-0.25, -0.2) is 0 Å². The van der Waals surface area contributed by atoms with E-state index in [4.69, 9.17) is 9.15 Å². The lowest BCUT2D eigenvalue weighted by atomic mass is 9.97. The molecule has 2 aromatic rings. The molecular formula is C18H21NO3. The summed E-state index contributed by atoms with van der Waals surface area (Å²) in [5.41, 5.74) is 1.95. The van der Waals surface area contributed by atoms with E-state index < -0.39 is 0 Å². The van der Waals surface area contributed by atoms with Crippen LogP contribution in [0.15, 0.2) is 47.1 Å². The molecule has 0 N–H and O–H groups in total. The Morgan fingerprint density at radius 3 is 2.59 bits per heavy atom. The van der Waals surface area contributed by atoms with Crippen molar-refractivity contribution in [3.05, 3.63) is 59.5 Å². The minimum absolute atomic E-state index is 0.0876. The Morgan fingerprint density at radius 2 is 1.95 bits per heavy atom. The van der Waals surface area contributed by atoms with Gasteiger partial charge in [0.2, 0.25) is 0 Å². The van der Waals surface area contributed by atoms with Crippen LogP contribution in [0.4, 0.5) is 0 Å². The smallest absolute Gasteiger partial charge is 0.290 e. The summed E-state index contributed by atoms with van der Waals surface area (Å²) in [5.74, 6) is 0.285.